The zero-order valence-electron chi connectivity index (χ0n) is 20.4. The van der Waals surface area contributed by atoms with Crippen molar-refractivity contribution >= 4 is 17.2 Å². The predicted molar refractivity (Wildman–Crippen MR) is 135 cm³/mol. The Labute approximate surface area is 212 Å². The van der Waals surface area contributed by atoms with Gasteiger partial charge >= 0.3 is 0 Å². The molecule has 1 aromatic carbocycles. The van der Waals surface area contributed by atoms with E-state index >= 15 is 4.39 Å². The SMILES string of the molecule is Cc1nc2c(-c3ccc(Cl)cc3F)nc([C@H]3C[C@@H](C)O[C@H](c4cnn(C5CC5)c4)C3)cn2c(=O)c1C. The summed E-state index contributed by atoms with van der Waals surface area (Å²) in [5.41, 5.74) is 3.66. The Kier molecular flexibility index (Phi) is 5.68. The molecule has 9 heteroatoms. The Hall–Kier alpha value is -3.10. The van der Waals surface area contributed by atoms with E-state index < -0.39 is 5.82 Å². The highest BCUT2D eigenvalue weighted by Gasteiger charge is 2.33. The monoisotopic (exact) mass is 507 g/mol. The van der Waals surface area contributed by atoms with E-state index in [1.807, 2.05) is 17.8 Å². The molecule has 6 rings (SSSR count). The number of fused-ring (bicyclic) bond motifs is 1. The molecule has 4 heterocycles. The van der Waals surface area contributed by atoms with E-state index in [0.29, 0.717) is 45.8 Å². The van der Waals surface area contributed by atoms with Crippen molar-refractivity contribution in [2.45, 2.75) is 70.6 Å². The van der Waals surface area contributed by atoms with Gasteiger partial charge in [-0.1, -0.05) is 11.6 Å². The molecule has 3 atom stereocenters. The third-order valence-electron chi connectivity index (χ3n) is 7.33. The van der Waals surface area contributed by atoms with Crippen LogP contribution < -0.4 is 5.56 Å². The van der Waals surface area contributed by atoms with Crippen LogP contribution >= 0.6 is 11.6 Å². The van der Waals surface area contributed by atoms with Gasteiger partial charge in [0.1, 0.15) is 11.5 Å². The van der Waals surface area contributed by atoms with Gasteiger partial charge in [0.15, 0.2) is 5.65 Å². The second-order valence-electron chi connectivity index (χ2n) is 10.0. The smallest absolute Gasteiger partial charge is 0.261 e. The van der Waals surface area contributed by atoms with Crippen LogP contribution in [-0.2, 0) is 4.74 Å². The third kappa shape index (κ3) is 4.12. The molecule has 1 saturated carbocycles. The third-order valence-corrected chi connectivity index (χ3v) is 7.56. The van der Waals surface area contributed by atoms with Crippen LogP contribution in [0, 0.1) is 19.7 Å². The summed E-state index contributed by atoms with van der Waals surface area (Å²) in [4.78, 5) is 22.8. The molecule has 7 nitrogen and oxygen atoms in total. The van der Waals surface area contributed by atoms with Crippen molar-refractivity contribution in [2.75, 3.05) is 0 Å². The Morgan fingerprint density at radius 1 is 1.14 bits per heavy atom. The zero-order valence-corrected chi connectivity index (χ0v) is 21.2. The van der Waals surface area contributed by atoms with Gasteiger partial charge in [-0.15, -0.1) is 0 Å². The molecule has 0 N–H and O–H groups in total. The van der Waals surface area contributed by atoms with Crippen LogP contribution in [0.3, 0.4) is 0 Å². The van der Waals surface area contributed by atoms with Crippen LogP contribution in [0.4, 0.5) is 4.39 Å². The maximum Gasteiger partial charge on any atom is 0.261 e. The highest BCUT2D eigenvalue weighted by atomic mass is 35.5. The van der Waals surface area contributed by atoms with Crippen molar-refractivity contribution in [3.8, 4) is 11.3 Å². The van der Waals surface area contributed by atoms with E-state index in [0.717, 1.165) is 12.0 Å². The lowest BCUT2D eigenvalue weighted by molar-refractivity contribution is -0.0506. The molecule has 0 amide bonds. The number of rotatable bonds is 4. The lowest BCUT2D eigenvalue weighted by Crippen LogP contribution is -2.27. The second-order valence-corrected chi connectivity index (χ2v) is 10.5. The van der Waals surface area contributed by atoms with E-state index in [4.69, 9.17) is 21.3 Å². The van der Waals surface area contributed by atoms with Gasteiger partial charge in [-0.3, -0.25) is 13.9 Å². The summed E-state index contributed by atoms with van der Waals surface area (Å²) in [5, 5.41) is 4.83. The van der Waals surface area contributed by atoms with Crippen LogP contribution in [0.2, 0.25) is 5.02 Å². The quantitative estimate of drug-likeness (QED) is 0.353. The van der Waals surface area contributed by atoms with Crippen LogP contribution in [-0.4, -0.2) is 30.3 Å². The van der Waals surface area contributed by atoms with Crippen LogP contribution in [0.15, 0.2) is 41.6 Å². The largest absolute Gasteiger partial charge is 0.370 e. The van der Waals surface area contributed by atoms with Gasteiger partial charge in [0.25, 0.3) is 5.56 Å². The molecule has 3 aromatic heterocycles. The molecule has 1 saturated heterocycles. The molecule has 2 aliphatic rings. The van der Waals surface area contributed by atoms with Gasteiger partial charge in [-0.25, -0.2) is 14.4 Å². The first-order valence-electron chi connectivity index (χ1n) is 12.3. The minimum absolute atomic E-state index is 0.00930. The van der Waals surface area contributed by atoms with E-state index in [2.05, 4.69) is 16.3 Å². The maximum atomic E-state index is 15.1. The van der Waals surface area contributed by atoms with Crippen molar-refractivity contribution in [3.05, 3.63) is 80.5 Å². The predicted octanol–water partition coefficient (Wildman–Crippen LogP) is 5.72. The first-order valence-corrected chi connectivity index (χ1v) is 12.7. The van der Waals surface area contributed by atoms with Crippen molar-refractivity contribution in [1.29, 1.82) is 0 Å². The van der Waals surface area contributed by atoms with Crippen LogP contribution in [0.1, 0.15) is 73.2 Å². The van der Waals surface area contributed by atoms with E-state index in [9.17, 15) is 4.79 Å². The first kappa shape index (κ1) is 23.3. The molecule has 0 radical (unpaired) electrons. The molecule has 2 fully saturated rings. The lowest BCUT2D eigenvalue weighted by Gasteiger charge is -2.33. The lowest BCUT2D eigenvalue weighted by atomic mass is 9.87. The number of hydrogen-bond donors (Lipinski definition) is 0. The van der Waals surface area contributed by atoms with E-state index in [1.165, 1.54) is 23.3 Å². The standard InChI is InChI=1S/C27H27ClFN5O2/c1-14-8-17(9-24(36-14)18-11-30-34(12-18)20-5-6-20)23-13-33-26(31-16(3)15(2)27(33)35)25(32-23)21-7-4-19(28)10-22(21)29/h4,7,10-14,17,20,24H,5-6,8-9H2,1-3H3/t14-,17+,24+/m1/s1. The minimum atomic E-state index is -0.507. The molecular formula is C27H27ClFN5O2. The van der Waals surface area contributed by atoms with Crippen molar-refractivity contribution in [1.82, 2.24) is 24.1 Å². The number of aromatic nitrogens is 5. The van der Waals surface area contributed by atoms with Gasteiger partial charge in [0.2, 0.25) is 0 Å². The molecular weight excluding hydrogens is 481 g/mol. The zero-order chi connectivity index (χ0) is 25.1. The molecule has 0 spiro atoms. The molecule has 0 unspecified atom stereocenters. The van der Waals surface area contributed by atoms with Crippen LogP contribution in [0.25, 0.3) is 16.9 Å². The highest BCUT2D eigenvalue weighted by molar-refractivity contribution is 6.30. The second kappa shape index (κ2) is 8.78. The number of aryl methyl sites for hydroxylation is 1. The number of halogens is 2. The Morgan fingerprint density at radius 3 is 2.69 bits per heavy atom. The summed E-state index contributed by atoms with van der Waals surface area (Å²) in [6.07, 6.45) is 9.35. The topological polar surface area (TPSA) is 74.3 Å². The fourth-order valence-corrected chi connectivity index (χ4v) is 5.23. The first-order chi connectivity index (χ1) is 17.3. The summed E-state index contributed by atoms with van der Waals surface area (Å²) in [6.45, 7) is 5.58. The van der Waals surface area contributed by atoms with Crippen LogP contribution in [0.5, 0.6) is 0 Å². The number of benzene rings is 1. The molecule has 1 aliphatic carbocycles. The average molecular weight is 508 g/mol. The number of ether oxygens (including phenoxy) is 1. The summed E-state index contributed by atoms with van der Waals surface area (Å²) in [7, 11) is 0. The van der Waals surface area contributed by atoms with E-state index in [-0.39, 0.29) is 29.2 Å². The number of nitrogens with zero attached hydrogens (tertiary/aromatic N) is 5. The average Bonchev–Trinajstić information content (AvgIpc) is 3.58. The van der Waals surface area contributed by atoms with E-state index in [1.54, 1.807) is 32.2 Å². The fraction of sp³-hybridized carbons (Fsp3) is 0.407. The van der Waals surface area contributed by atoms with Gasteiger partial charge in [-0.2, -0.15) is 5.10 Å². The van der Waals surface area contributed by atoms with Gasteiger partial charge in [0, 0.05) is 45.7 Å². The van der Waals surface area contributed by atoms with Gasteiger partial charge in [0.05, 0.1) is 30.1 Å². The molecule has 186 valence electrons. The Balaban J connectivity index is 1.47. The molecule has 36 heavy (non-hydrogen) atoms. The van der Waals surface area contributed by atoms with Crippen molar-refractivity contribution in [2.24, 2.45) is 0 Å². The summed E-state index contributed by atoms with van der Waals surface area (Å²) < 4.78 is 24.9. The fourth-order valence-electron chi connectivity index (χ4n) is 5.07. The highest BCUT2D eigenvalue weighted by Crippen LogP contribution is 2.41. The summed E-state index contributed by atoms with van der Waals surface area (Å²) in [6, 6.07) is 4.96. The number of hydrogen-bond acceptors (Lipinski definition) is 5. The van der Waals surface area contributed by atoms with Crippen molar-refractivity contribution < 1.29 is 9.13 Å². The minimum Gasteiger partial charge on any atom is -0.370 e. The maximum absolute atomic E-state index is 15.1. The van der Waals surface area contributed by atoms with Gasteiger partial charge in [-0.05, 0) is 64.7 Å². The van der Waals surface area contributed by atoms with Gasteiger partial charge < -0.3 is 4.74 Å². The summed E-state index contributed by atoms with van der Waals surface area (Å²) >= 11 is 6.01. The molecule has 0 bridgehead atoms. The Morgan fingerprint density at radius 2 is 1.94 bits per heavy atom. The molecule has 4 aromatic rings. The normalized spacial score (nSPS) is 22.3. The Bertz CT molecular complexity index is 1540. The van der Waals surface area contributed by atoms with Crippen molar-refractivity contribution in [3.63, 3.8) is 0 Å². The summed E-state index contributed by atoms with van der Waals surface area (Å²) in [5.74, 6) is -0.498. The molecule has 1 aliphatic heterocycles.